The number of aromatic nitrogens is 2. The third-order valence-electron chi connectivity index (χ3n) is 7.31. The minimum atomic E-state index is -0.443. The zero-order chi connectivity index (χ0) is 28.4. The Labute approximate surface area is 233 Å². The van der Waals surface area contributed by atoms with E-state index >= 15 is 0 Å². The van der Waals surface area contributed by atoms with E-state index in [2.05, 4.69) is 17.3 Å². The molecule has 1 aromatic heterocycles. The summed E-state index contributed by atoms with van der Waals surface area (Å²) in [5, 5.41) is 7.48. The van der Waals surface area contributed by atoms with Crippen LogP contribution in [0.2, 0.25) is 0 Å². The minimum Gasteiger partial charge on any atom is -0.457 e. The number of aryl methyl sites for hydroxylation is 3. The first kappa shape index (κ1) is 27.4. The number of carbonyl (C=O) groups is 3. The summed E-state index contributed by atoms with van der Waals surface area (Å²) in [5.74, 6) is 0.409. The molecule has 5 rings (SSSR count). The summed E-state index contributed by atoms with van der Waals surface area (Å²) in [6.45, 7) is 4.72. The van der Waals surface area contributed by atoms with E-state index in [-0.39, 0.29) is 37.4 Å². The molecule has 2 aliphatic heterocycles. The largest absolute Gasteiger partial charge is 0.457 e. The Bertz CT molecular complexity index is 1430. The Balaban J connectivity index is 1.41. The molecule has 1 N–H and O–H groups in total. The van der Waals surface area contributed by atoms with Crippen LogP contribution in [0.15, 0.2) is 48.5 Å². The number of nitrogens with zero attached hydrogens (tertiary/aromatic N) is 4. The second kappa shape index (κ2) is 11.5. The molecule has 3 aromatic rings. The molecule has 0 spiro atoms. The highest BCUT2D eigenvalue weighted by Crippen LogP contribution is 2.28. The summed E-state index contributed by atoms with van der Waals surface area (Å²) < 4.78 is 14.0. The molecular formula is C30H35N5O5. The summed E-state index contributed by atoms with van der Waals surface area (Å²) in [4.78, 5) is 42.8. The van der Waals surface area contributed by atoms with E-state index in [1.165, 1.54) is 4.90 Å². The van der Waals surface area contributed by atoms with Gasteiger partial charge in [0.1, 0.15) is 17.2 Å². The summed E-state index contributed by atoms with van der Waals surface area (Å²) in [5.41, 5.74) is 3.57. The number of amides is 3. The van der Waals surface area contributed by atoms with Crippen molar-refractivity contribution < 1.29 is 23.9 Å². The third-order valence-corrected chi connectivity index (χ3v) is 7.31. The van der Waals surface area contributed by atoms with E-state index in [4.69, 9.17) is 9.47 Å². The molecule has 0 aliphatic carbocycles. The number of rotatable bonds is 3. The Hall–Kier alpha value is -4.18. The van der Waals surface area contributed by atoms with Crippen molar-refractivity contribution in [2.75, 3.05) is 26.7 Å². The van der Waals surface area contributed by atoms with Gasteiger partial charge in [-0.25, -0.2) is 0 Å². The first-order valence-electron chi connectivity index (χ1n) is 13.6. The van der Waals surface area contributed by atoms with E-state index in [1.54, 1.807) is 35.8 Å². The van der Waals surface area contributed by atoms with Gasteiger partial charge in [-0.05, 0) is 54.8 Å². The average Bonchev–Trinajstić information content (AvgIpc) is 3.50. The van der Waals surface area contributed by atoms with Crippen LogP contribution in [0.25, 0.3) is 0 Å². The summed E-state index contributed by atoms with van der Waals surface area (Å²) in [7, 11) is 3.35. The highest BCUT2D eigenvalue weighted by Gasteiger charge is 2.38. The van der Waals surface area contributed by atoms with Gasteiger partial charge < -0.3 is 24.6 Å². The monoisotopic (exact) mass is 545 g/mol. The average molecular weight is 546 g/mol. The first-order valence-corrected chi connectivity index (χ1v) is 13.6. The van der Waals surface area contributed by atoms with Crippen LogP contribution in [0.1, 0.15) is 51.0 Å². The van der Waals surface area contributed by atoms with Gasteiger partial charge in [-0.15, -0.1) is 0 Å². The lowest BCUT2D eigenvalue weighted by Gasteiger charge is -2.23. The summed E-state index contributed by atoms with van der Waals surface area (Å²) in [6.07, 6.45) is 1.29. The SMILES string of the molecule is CCCc1cc(C(=O)N2C[C@@H]3NC(=O)CN(C)C(=O)c4ccc(C)c(c4)Oc4cccc(c4)CO[C@H]3C2)n(C)n1. The van der Waals surface area contributed by atoms with E-state index in [0.717, 1.165) is 29.7 Å². The zero-order valence-electron chi connectivity index (χ0n) is 23.3. The second-order valence-corrected chi connectivity index (χ2v) is 10.5. The molecule has 0 radical (unpaired) electrons. The lowest BCUT2D eigenvalue weighted by atomic mass is 10.1. The number of ether oxygens (including phenoxy) is 2. The van der Waals surface area contributed by atoms with Gasteiger partial charge in [0.25, 0.3) is 11.8 Å². The molecule has 1 fully saturated rings. The van der Waals surface area contributed by atoms with E-state index < -0.39 is 12.1 Å². The van der Waals surface area contributed by atoms with Crippen LogP contribution in [0.3, 0.4) is 0 Å². The van der Waals surface area contributed by atoms with Gasteiger partial charge in [0, 0.05) is 32.7 Å². The van der Waals surface area contributed by atoms with Crippen LogP contribution in [0.4, 0.5) is 0 Å². The number of carbonyl (C=O) groups excluding carboxylic acids is 3. The Morgan fingerprint density at radius 1 is 1.10 bits per heavy atom. The van der Waals surface area contributed by atoms with Crippen LogP contribution in [0, 0.1) is 6.92 Å². The number of hydrogen-bond donors (Lipinski definition) is 1. The number of nitrogens with one attached hydrogen (secondary N) is 1. The van der Waals surface area contributed by atoms with Gasteiger partial charge in [-0.3, -0.25) is 19.1 Å². The molecule has 1 saturated heterocycles. The van der Waals surface area contributed by atoms with Crippen molar-refractivity contribution in [1.29, 1.82) is 0 Å². The van der Waals surface area contributed by atoms with Crippen LogP contribution in [0.5, 0.6) is 11.5 Å². The highest BCUT2D eigenvalue weighted by molar-refractivity contribution is 5.97. The van der Waals surface area contributed by atoms with Crippen LogP contribution in [-0.4, -0.2) is 76.1 Å². The van der Waals surface area contributed by atoms with Crippen molar-refractivity contribution in [1.82, 2.24) is 24.9 Å². The molecule has 10 nitrogen and oxygen atoms in total. The minimum absolute atomic E-state index is 0.138. The third kappa shape index (κ3) is 5.86. The molecule has 2 atom stereocenters. The van der Waals surface area contributed by atoms with Gasteiger partial charge >= 0.3 is 0 Å². The molecule has 3 heterocycles. The summed E-state index contributed by atoms with van der Waals surface area (Å²) in [6, 6.07) is 14.2. The van der Waals surface area contributed by atoms with Gasteiger partial charge in [-0.2, -0.15) is 5.10 Å². The topological polar surface area (TPSA) is 106 Å². The lowest BCUT2D eigenvalue weighted by molar-refractivity contribution is -0.123. The van der Waals surface area contributed by atoms with Crippen LogP contribution >= 0.6 is 0 Å². The van der Waals surface area contributed by atoms with Crippen molar-refractivity contribution in [2.45, 2.75) is 45.4 Å². The fraction of sp³-hybridized carbons (Fsp3) is 0.400. The number of hydrogen-bond acceptors (Lipinski definition) is 6. The number of likely N-dealkylation sites (tertiary alicyclic amines) is 1. The van der Waals surface area contributed by atoms with Gasteiger partial charge in [0.15, 0.2) is 0 Å². The smallest absolute Gasteiger partial charge is 0.272 e. The highest BCUT2D eigenvalue weighted by atomic mass is 16.5. The maximum Gasteiger partial charge on any atom is 0.272 e. The number of fused-ring (bicyclic) bond motifs is 5. The van der Waals surface area contributed by atoms with Crippen LogP contribution < -0.4 is 10.1 Å². The fourth-order valence-corrected chi connectivity index (χ4v) is 5.15. The van der Waals surface area contributed by atoms with Crippen molar-refractivity contribution in [3.8, 4) is 11.5 Å². The Kier molecular flexibility index (Phi) is 7.88. The standard InChI is InChI=1S/C30H35N5O5/c1-5-7-22-14-25(34(4)32-22)30(38)35-15-24-27(16-35)39-18-20-8-6-9-23(12-20)40-26-13-21(11-10-19(26)2)29(37)33(3)17-28(36)31-24/h6,8-14,24,27H,5,7,15-18H2,1-4H3,(H,31,36)/t24-,27-/m0/s1. The fourth-order valence-electron chi connectivity index (χ4n) is 5.15. The van der Waals surface area contributed by atoms with Crippen molar-refractivity contribution in [3.05, 3.63) is 76.6 Å². The first-order chi connectivity index (χ1) is 19.2. The van der Waals surface area contributed by atoms with Gasteiger partial charge in [-0.1, -0.05) is 31.5 Å². The maximum atomic E-state index is 13.5. The number of likely N-dealkylation sites (N-methyl/N-ethyl adjacent to an activating group) is 1. The summed E-state index contributed by atoms with van der Waals surface area (Å²) >= 11 is 0. The van der Waals surface area contributed by atoms with Crippen molar-refractivity contribution in [2.24, 2.45) is 7.05 Å². The predicted molar refractivity (Wildman–Crippen MR) is 148 cm³/mol. The molecular weight excluding hydrogens is 510 g/mol. The van der Waals surface area contributed by atoms with Crippen molar-refractivity contribution >= 4 is 17.7 Å². The van der Waals surface area contributed by atoms with E-state index in [1.807, 2.05) is 43.3 Å². The van der Waals surface area contributed by atoms with Crippen molar-refractivity contribution in [3.63, 3.8) is 0 Å². The van der Waals surface area contributed by atoms with E-state index in [0.29, 0.717) is 29.3 Å². The Morgan fingerprint density at radius 2 is 1.93 bits per heavy atom. The molecule has 40 heavy (non-hydrogen) atoms. The second-order valence-electron chi connectivity index (χ2n) is 10.5. The van der Waals surface area contributed by atoms with Crippen LogP contribution in [-0.2, 0) is 29.6 Å². The molecule has 3 amide bonds. The predicted octanol–water partition coefficient (Wildman–Crippen LogP) is 3.08. The lowest BCUT2D eigenvalue weighted by Crippen LogP contribution is -2.48. The normalized spacial score (nSPS) is 19.7. The zero-order valence-corrected chi connectivity index (χ0v) is 23.3. The molecule has 2 aromatic carbocycles. The molecule has 4 bridgehead atoms. The van der Waals surface area contributed by atoms with Gasteiger partial charge in [0.05, 0.1) is 31.0 Å². The van der Waals surface area contributed by atoms with E-state index in [9.17, 15) is 14.4 Å². The maximum absolute atomic E-state index is 13.5. The molecule has 2 aliphatic rings. The quantitative estimate of drug-likeness (QED) is 0.542. The molecule has 210 valence electrons. The van der Waals surface area contributed by atoms with Gasteiger partial charge in [0.2, 0.25) is 5.91 Å². The molecule has 10 heteroatoms. The molecule has 0 saturated carbocycles. The Morgan fingerprint density at radius 3 is 2.73 bits per heavy atom. The number of benzene rings is 2. The molecule has 0 unspecified atom stereocenters.